The fourth-order valence-electron chi connectivity index (χ4n) is 8.08. The van der Waals surface area contributed by atoms with Crippen molar-refractivity contribution in [3.8, 4) is 50.3 Å². The molecule has 0 aliphatic rings. The lowest BCUT2D eigenvalue weighted by atomic mass is 9.98. The van der Waals surface area contributed by atoms with Crippen LogP contribution in [-0.4, -0.2) is 4.57 Å². The molecule has 0 aliphatic carbocycles. The molecule has 2 nitrogen and oxygen atoms in total. The maximum absolute atomic E-state index is 2.42. The van der Waals surface area contributed by atoms with Gasteiger partial charge in [0.15, 0.2) is 0 Å². The molecule has 1 heterocycles. The summed E-state index contributed by atoms with van der Waals surface area (Å²) in [5.74, 6) is 0. The van der Waals surface area contributed by atoms with Gasteiger partial charge < -0.3 is 9.47 Å². The second-order valence-electron chi connectivity index (χ2n) is 14.2. The highest BCUT2D eigenvalue weighted by Gasteiger charge is 2.21. The molecule has 0 saturated carbocycles. The molecule has 0 spiro atoms. The molecule has 264 valence electrons. The highest BCUT2D eigenvalue weighted by molar-refractivity contribution is 6.05. The van der Waals surface area contributed by atoms with E-state index in [1.807, 2.05) is 0 Å². The van der Waals surface area contributed by atoms with Gasteiger partial charge in [-0.05, 0) is 105 Å². The first-order chi connectivity index (χ1) is 27.8. The van der Waals surface area contributed by atoms with E-state index in [2.05, 4.69) is 240 Å². The third-order valence-electron chi connectivity index (χ3n) is 10.8. The second kappa shape index (κ2) is 14.4. The van der Waals surface area contributed by atoms with Crippen LogP contribution < -0.4 is 4.90 Å². The minimum atomic E-state index is 1.11. The van der Waals surface area contributed by atoms with E-state index >= 15 is 0 Å². The van der Waals surface area contributed by atoms with Crippen LogP contribution in [0.15, 0.2) is 231 Å². The number of para-hydroxylation sites is 2. The SMILES string of the molecule is c1ccc(-c2c(-c3ccccc3)n(-c3ccc(-c4ccc(N(c5ccccc5)c5ccc(-c6ccc7ccccc7c6)cc5)cc4)cc3)c3ccccc23)cc1. The number of aromatic nitrogens is 1. The van der Waals surface area contributed by atoms with Crippen LogP contribution in [0.3, 0.4) is 0 Å². The molecule has 0 saturated heterocycles. The van der Waals surface area contributed by atoms with Crippen LogP contribution in [0, 0.1) is 0 Å². The number of hydrogen-bond acceptors (Lipinski definition) is 1. The lowest BCUT2D eigenvalue weighted by Gasteiger charge is -2.26. The van der Waals surface area contributed by atoms with E-state index in [0.717, 1.165) is 22.7 Å². The van der Waals surface area contributed by atoms with Crippen molar-refractivity contribution in [2.45, 2.75) is 0 Å². The monoisotopic (exact) mass is 714 g/mol. The number of anilines is 3. The van der Waals surface area contributed by atoms with E-state index in [1.165, 1.54) is 66.3 Å². The van der Waals surface area contributed by atoms with Crippen LogP contribution in [0.25, 0.3) is 72.0 Å². The zero-order valence-corrected chi connectivity index (χ0v) is 30.8. The molecule has 56 heavy (non-hydrogen) atoms. The fraction of sp³-hybridized carbons (Fsp3) is 0. The Bertz CT molecular complexity index is 2910. The normalized spacial score (nSPS) is 11.2. The number of nitrogens with zero attached hydrogens (tertiary/aromatic N) is 2. The van der Waals surface area contributed by atoms with Crippen molar-refractivity contribution in [2.24, 2.45) is 0 Å². The number of fused-ring (bicyclic) bond motifs is 2. The van der Waals surface area contributed by atoms with Gasteiger partial charge >= 0.3 is 0 Å². The van der Waals surface area contributed by atoms with E-state index in [1.54, 1.807) is 0 Å². The molecule has 0 fully saturated rings. The van der Waals surface area contributed by atoms with E-state index in [-0.39, 0.29) is 0 Å². The van der Waals surface area contributed by atoms with E-state index in [0.29, 0.717) is 0 Å². The number of rotatable bonds is 8. The Kier molecular flexibility index (Phi) is 8.55. The van der Waals surface area contributed by atoms with Crippen LogP contribution in [0.2, 0.25) is 0 Å². The topological polar surface area (TPSA) is 8.17 Å². The summed E-state index contributed by atoms with van der Waals surface area (Å²) in [6.07, 6.45) is 0. The van der Waals surface area contributed by atoms with Crippen LogP contribution in [-0.2, 0) is 0 Å². The summed E-state index contributed by atoms with van der Waals surface area (Å²) in [6, 6.07) is 82.9. The second-order valence-corrected chi connectivity index (χ2v) is 14.2. The van der Waals surface area contributed by atoms with Gasteiger partial charge in [-0.3, -0.25) is 0 Å². The summed E-state index contributed by atoms with van der Waals surface area (Å²) < 4.78 is 2.42. The third-order valence-corrected chi connectivity index (χ3v) is 10.8. The van der Waals surface area contributed by atoms with Gasteiger partial charge in [-0.15, -0.1) is 0 Å². The third kappa shape index (κ3) is 6.14. The molecular formula is C54H38N2. The molecule has 10 aromatic rings. The molecule has 0 unspecified atom stereocenters. The van der Waals surface area contributed by atoms with Crippen LogP contribution in [0.4, 0.5) is 17.1 Å². The molecule has 1 aromatic heterocycles. The molecule has 0 N–H and O–H groups in total. The molecule has 9 aromatic carbocycles. The van der Waals surface area contributed by atoms with Gasteiger partial charge in [0.25, 0.3) is 0 Å². The number of hydrogen-bond donors (Lipinski definition) is 0. The minimum absolute atomic E-state index is 1.11. The zero-order chi connectivity index (χ0) is 37.3. The van der Waals surface area contributed by atoms with E-state index in [9.17, 15) is 0 Å². The van der Waals surface area contributed by atoms with Crippen molar-refractivity contribution in [1.29, 1.82) is 0 Å². The van der Waals surface area contributed by atoms with Crippen molar-refractivity contribution in [3.05, 3.63) is 231 Å². The summed E-state index contributed by atoms with van der Waals surface area (Å²) in [4.78, 5) is 2.32. The minimum Gasteiger partial charge on any atom is -0.311 e. The summed E-state index contributed by atoms with van der Waals surface area (Å²) >= 11 is 0. The van der Waals surface area contributed by atoms with Crippen LogP contribution in [0.5, 0.6) is 0 Å². The zero-order valence-electron chi connectivity index (χ0n) is 30.8. The first-order valence-corrected chi connectivity index (χ1v) is 19.2. The highest BCUT2D eigenvalue weighted by Crippen LogP contribution is 2.43. The highest BCUT2D eigenvalue weighted by atomic mass is 15.1. The Hall–Kier alpha value is -7.42. The van der Waals surface area contributed by atoms with Gasteiger partial charge in [0, 0.05) is 33.7 Å². The van der Waals surface area contributed by atoms with Crippen LogP contribution in [0.1, 0.15) is 0 Å². The molecule has 0 aliphatic heterocycles. The average molecular weight is 715 g/mol. The molecule has 0 amide bonds. The van der Waals surface area contributed by atoms with Gasteiger partial charge in [0.2, 0.25) is 0 Å². The predicted molar refractivity (Wildman–Crippen MR) is 237 cm³/mol. The molecular weight excluding hydrogens is 677 g/mol. The van der Waals surface area contributed by atoms with Gasteiger partial charge in [-0.1, -0.05) is 170 Å². The van der Waals surface area contributed by atoms with E-state index < -0.39 is 0 Å². The molecule has 10 rings (SSSR count). The van der Waals surface area contributed by atoms with Crippen molar-refractivity contribution < 1.29 is 0 Å². The summed E-state index contributed by atoms with van der Waals surface area (Å²) in [7, 11) is 0. The number of benzene rings is 9. The molecule has 0 bridgehead atoms. The van der Waals surface area contributed by atoms with E-state index in [4.69, 9.17) is 0 Å². The predicted octanol–water partition coefficient (Wildman–Crippen LogP) is 14.9. The Morgan fingerprint density at radius 1 is 0.304 bits per heavy atom. The van der Waals surface area contributed by atoms with Crippen molar-refractivity contribution in [1.82, 2.24) is 4.57 Å². The molecule has 2 heteroatoms. The summed E-state index contributed by atoms with van der Waals surface area (Å²) in [5.41, 5.74) is 15.3. The van der Waals surface area contributed by atoms with Gasteiger partial charge in [0.05, 0.1) is 11.2 Å². The van der Waals surface area contributed by atoms with Gasteiger partial charge in [0.1, 0.15) is 0 Å². The standard InChI is InChI=1S/C54H38N2/c1-4-15-43(16-5-1)53-51-22-12-13-23-52(51)56(54(53)44-17-6-2-7-18-44)50-36-28-41(29-37-50)40-26-32-48(33-27-40)55(47-20-8-3-9-21-47)49-34-30-42(31-35-49)46-25-24-39-14-10-11-19-45(39)38-46/h1-38H. The van der Waals surface area contributed by atoms with Crippen LogP contribution >= 0.6 is 0 Å². The maximum atomic E-state index is 2.42. The Labute approximate surface area is 327 Å². The first kappa shape index (κ1) is 33.2. The first-order valence-electron chi connectivity index (χ1n) is 19.2. The van der Waals surface area contributed by atoms with Gasteiger partial charge in [-0.25, -0.2) is 0 Å². The largest absolute Gasteiger partial charge is 0.311 e. The molecule has 0 radical (unpaired) electrons. The average Bonchev–Trinajstić information content (AvgIpc) is 3.63. The summed E-state index contributed by atoms with van der Waals surface area (Å²) in [6.45, 7) is 0. The Morgan fingerprint density at radius 2 is 0.768 bits per heavy atom. The van der Waals surface area contributed by atoms with Crippen molar-refractivity contribution >= 4 is 38.7 Å². The fourth-order valence-corrected chi connectivity index (χ4v) is 8.08. The quantitative estimate of drug-likeness (QED) is 0.152. The van der Waals surface area contributed by atoms with Gasteiger partial charge in [-0.2, -0.15) is 0 Å². The lowest BCUT2D eigenvalue weighted by molar-refractivity contribution is 1.14. The lowest BCUT2D eigenvalue weighted by Crippen LogP contribution is -2.09. The molecule has 0 atom stereocenters. The summed E-state index contributed by atoms with van der Waals surface area (Å²) in [5, 5.41) is 3.75. The Balaban J connectivity index is 0.992. The maximum Gasteiger partial charge on any atom is 0.0619 e. The smallest absolute Gasteiger partial charge is 0.0619 e. The van der Waals surface area contributed by atoms with Crippen molar-refractivity contribution in [2.75, 3.05) is 4.90 Å². The van der Waals surface area contributed by atoms with Crippen molar-refractivity contribution in [3.63, 3.8) is 0 Å². The Morgan fingerprint density at radius 3 is 1.41 bits per heavy atom.